The summed E-state index contributed by atoms with van der Waals surface area (Å²) in [6.45, 7) is 10.0. The lowest BCUT2D eigenvalue weighted by Crippen LogP contribution is -2.61. The van der Waals surface area contributed by atoms with Crippen molar-refractivity contribution in [2.45, 2.75) is 39.1 Å². The number of ketones is 1. The summed E-state index contributed by atoms with van der Waals surface area (Å²) >= 11 is 0. The summed E-state index contributed by atoms with van der Waals surface area (Å²) in [5.74, 6) is 0.894. The van der Waals surface area contributed by atoms with E-state index in [1.54, 1.807) is 24.3 Å². The van der Waals surface area contributed by atoms with Crippen LogP contribution in [0.4, 0.5) is 0 Å². The van der Waals surface area contributed by atoms with Crippen LogP contribution in [0.5, 0.6) is 5.75 Å². The molecule has 3 atom stereocenters. The Hall–Kier alpha value is -1.98. The van der Waals surface area contributed by atoms with E-state index in [0.717, 1.165) is 26.2 Å². The van der Waals surface area contributed by atoms with Gasteiger partial charge in [-0.3, -0.25) is 14.6 Å². The average molecular weight is 402 g/mol. The van der Waals surface area contributed by atoms with Crippen molar-refractivity contribution in [3.05, 3.63) is 29.8 Å². The van der Waals surface area contributed by atoms with Crippen molar-refractivity contribution in [3.63, 3.8) is 0 Å². The minimum absolute atomic E-state index is 0.0573. The highest BCUT2D eigenvalue weighted by Gasteiger charge is 2.36. The minimum atomic E-state index is -0.608. The van der Waals surface area contributed by atoms with Crippen molar-refractivity contribution in [1.82, 2.24) is 9.80 Å². The second kappa shape index (κ2) is 9.23. The molecule has 1 aromatic rings. The highest BCUT2D eigenvalue weighted by atomic mass is 16.5. The molecule has 0 aromatic heterocycles. The molecular weight excluding hydrogens is 370 g/mol. The quantitative estimate of drug-likeness (QED) is 0.737. The Morgan fingerprint density at radius 1 is 1.21 bits per heavy atom. The van der Waals surface area contributed by atoms with Crippen molar-refractivity contribution in [2.24, 2.45) is 5.41 Å². The Morgan fingerprint density at radius 3 is 2.34 bits per heavy atom. The van der Waals surface area contributed by atoms with Crippen LogP contribution in [0.1, 0.15) is 26.3 Å². The SMILES string of the molecule is CC(C)(C)C(=O)CN1CC2CN(CC(O)COc3ccc(C#N)cc3)CC(C1)O2. The van der Waals surface area contributed by atoms with Gasteiger partial charge in [0.25, 0.3) is 0 Å². The molecule has 2 aliphatic rings. The topological polar surface area (TPSA) is 86.0 Å². The summed E-state index contributed by atoms with van der Waals surface area (Å²) in [6, 6.07) is 8.93. The fraction of sp³-hybridized carbons (Fsp3) is 0.636. The Labute approximate surface area is 172 Å². The molecule has 7 heteroatoms. The summed E-state index contributed by atoms with van der Waals surface area (Å²) in [4.78, 5) is 16.8. The van der Waals surface area contributed by atoms with E-state index >= 15 is 0 Å². The van der Waals surface area contributed by atoms with Gasteiger partial charge >= 0.3 is 0 Å². The Bertz CT molecular complexity index is 724. The summed E-state index contributed by atoms with van der Waals surface area (Å²) < 4.78 is 11.7. The Morgan fingerprint density at radius 2 is 1.79 bits per heavy atom. The third-order valence-electron chi connectivity index (χ3n) is 5.33. The number of morpholine rings is 2. The van der Waals surface area contributed by atoms with Crippen LogP contribution in [0.15, 0.2) is 24.3 Å². The van der Waals surface area contributed by atoms with E-state index in [4.69, 9.17) is 14.7 Å². The van der Waals surface area contributed by atoms with Gasteiger partial charge in [-0.25, -0.2) is 0 Å². The van der Waals surface area contributed by atoms with Gasteiger partial charge in [0.1, 0.15) is 18.5 Å². The number of aliphatic hydroxyl groups excluding tert-OH is 1. The van der Waals surface area contributed by atoms with Crippen LogP contribution in [-0.2, 0) is 9.53 Å². The molecule has 1 aromatic carbocycles. The number of rotatable bonds is 7. The highest BCUT2D eigenvalue weighted by Crippen LogP contribution is 2.22. The van der Waals surface area contributed by atoms with Gasteiger partial charge < -0.3 is 14.6 Å². The van der Waals surface area contributed by atoms with Gasteiger partial charge in [-0.05, 0) is 24.3 Å². The predicted molar refractivity (Wildman–Crippen MR) is 109 cm³/mol. The minimum Gasteiger partial charge on any atom is -0.491 e. The first kappa shape index (κ1) is 21.7. The maximum Gasteiger partial charge on any atom is 0.152 e. The monoisotopic (exact) mass is 401 g/mol. The molecule has 2 heterocycles. The van der Waals surface area contributed by atoms with Crippen LogP contribution in [0, 0.1) is 16.7 Å². The van der Waals surface area contributed by atoms with Crippen molar-refractivity contribution < 1.29 is 19.4 Å². The largest absolute Gasteiger partial charge is 0.491 e. The van der Waals surface area contributed by atoms with Crippen molar-refractivity contribution in [3.8, 4) is 11.8 Å². The second-order valence-electron chi connectivity index (χ2n) is 9.07. The number of nitriles is 1. The molecule has 0 amide bonds. The second-order valence-corrected chi connectivity index (χ2v) is 9.07. The van der Waals surface area contributed by atoms with Crippen LogP contribution >= 0.6 is 0 Å². The van der Waals surface area contributed by atoms with Crippen LogP contribution < -0.4 is 4.74 Å². The maximum atomic E-state index is 12.3. The molecule has 7 nitrogen and oxygen atoms in total. The molecule has 2 aliphatic heterocycles. The van der Waals surface area contributed by atoms with Crippen LogP contribution in [0.3, 0.4) is 0 Å². The molecule has 29 heavy (non-hydrogen) atoms. The summed E-state index contributed by atoms with van der Waals surface area (Å²) in [7, 11) is 0. The zero-order valence-electron chi connectivity index (χ0n) is 17.5. The van der Waals surface area contributed by atoms with Crippen molar-refractivity contribution >= 4 is 5.78 Å². The lowest BCUT2D eigenvalue weighted by molar-refractivity contribution is -0.150. The van der Waals surface area contributed by atoms with Gasteiger partial charge in [0.05, 0.1) is 30.4 Å². The summed E-state index contributed by atoms with van der Waals surface area (Å²) in [5.41, 5.74) is 0.259. The molecule has 3 rings (SSSR count). The number of hydrogen-bond donors (Lipinski definition) is 1. The molecule has 2 bridgehead atoms. The molecule has 2 fully saturated rings. The molecule has 0 spiro atoms. The van der Waals surface area contributed by atoms with Gasteiger partial charge in [0.15, 0.2) is 5.78 Å². The third kappa shape index (κ3) is 6.25. The molecule has 0 saturated carbocycles. The van der Waals surface area contributed by atoms with Gasteiger partial charge in [0, 0.05) is 38.1 Å². The van der Waals surface area contributed by atoms with Gasteiger partial charge in [-0.1, -0.05) is 20.8 Å². The number of Topliss-reactive ketones (excluding diaryl/α,β-unsaturated/α-hetero) is 1. The first-order valence-corrected chi connectivity index (χ1v) is 10.2. The third-order valence-corrected chi connectivity index (χ3v) is 5.33. The molecule has 1 N–H and O–H groups in total. The van der Waals surface area contributed by atoms with E-state index in [1.165, 1.54) is 0 Å². The molecular formula is C22H31N3O4. The molecule has 2 saturated heterocycles. The standard InChI is InChI=1S/C22H31N3O4/c1-22(2,3)21(27)14-25-12-19-10-24(11-20(13-25)29-19)9-17(26)15-28-18-6-4-16(8-23)5-7-18/h4-7,17,19-20,26H,9-15H2,1-3H3. The predicted octanol–water partition coefficient (Wildman–Crippen LogP) is 1.30. The first-order valence-electron chi connectivity index (χ1n) is 10.2. The van der Waals surface area contributed by atoms with Crippen LogP contribution in [0.2, 0.25) is 0 Å². The molecule has 0 aliphatic carbocycles. The number of ether oxygens (including phenoxy) is 2. The number of fused-ring (bicyclic) bond motifs is 2. The number of nitrogens with zero attached hydrogens (tertiary/aromatic N) is 3. The zero-order valence-corrected chi connectivity index (χ0v) is 17.5. The van der Waals surface area contributed by atoms with Gasteiger partial charge in [-0.15, -0.1) is 0 Å². The van der Waals surface area contributed by atoms with Crippen molar-refractivity contribution in [1.29, 1.82) is 5.26 Å². The fourth-order valence-corrected chi connectivity index (χ4v) is 3.75. The number of aliphatic hydroxyl groups is 1. The van der Waals surface area contributed by atoms with E-state index in [9.17, 15) is 9.90 Å². The normalized spacial score (nSPS) is 24.0. The molecule has 0 radical (unpaired) electrons. The van der Waals surface area contributed by atoms with E-state index in [2.05, 4.69) is 15.9 Å². The highest BCUT2D eigenvalue weighted by molar-refractivity contribution is 5.85. The lowest BCUT2D eigenvalue weighted by Gasteiger charge is -2.46. The lowest BCUT2D eigenvalue weighted by atomic mass is 9.90. The van der Waals surface area contributed by atoms with E-state index < -0.39 is 6.10 Å². The Kier molecular flexibility index (Phi) is 6.91. The average Bonchev–Trinajstić information content (AvgIpc) is 2.65. The number of benzene rings is 1. The van der Waals surface area contributed by atoms with Gasteiger partial charge in [-0.2, -0.15) is 5.26 Å². The van der Waals surface area contributed by atoms with E-state index in [1.807, 2.05) is 20.8 Å². The maximum absolute atomic E-state index is 12.3. The number of β-amino-alcohol motifs (C(OH)–C–C–N with tert-alkyl or cyclic N) is 1. The fourth-order valence-electron chi connectivity index (χ4n) is 3.75. The van der Waals surface area contributed by atoms with E-state index in [0.29, 0.717) is 24.4 Å². The number of carbonyl (C=O) groups excluding carboxylic acids is 1. The van der Waals surface area contributed by atoms with E-state index in [-0.39, 0.29) is 30.0 Å². The summed E-state index contributed by atoms with van der Waals surface area (Å²) in [6.07, 6.45) is -0.494. The zero-order chi connectivity index (χ0) is 21.0. The van der Waals surface area contributed by atoms with Gasteiger partial charge in [0.2, 0.25) is 0 Å². The van der Waals surface area contributed by atoms with Crippen LogP contribution in [-0.4, -0.2) is 84.9 Å². The van der Waals surface area contributed by atoms with Crippen LogP contribution in [0.25, 0.3) is 0 Å². The smallest absolute Gasteiger partial charge is 0.152 e. The molecule has 3 unspecified atom stereocenters. The molecule has 158 valence electrons. The van der Waals surface area contributed by atoms with Crippen molar-refractivity contribution in [2.75, 3.05) is 45.9 Å². The first-order chi connectivity index (χ1) is 13.7. The number of carbonyl (C=O) groups is 1. The Balaban J connectivity index is 1.43. The number of hydrogen-bond acceptors (Lipinski definition) is 7. The summed E-state index contributed by atoms with van der Waals surface area (Å²) in [5, 5.41) is 19.2.